The van der Waals surface area contributed by atoms with E-state index in [1.54, 1.807) is 12.3 Å². The first-order valence-electron chi connectivity index (χ1n) is 5.54. The van der Waals surface area contributed by atoms with Crippen LogP contribution in [0.3, 0.4) is 0 Å². The zero-order chi connectivity index (χ0) is 11.8. The summed E-state index contributed by atoms with van der Waals surface area (Å²) in [4.78, 5) is 21.8. The highest BCUT2D eigenvalue weighted by atomic mass is 16.1. The number of carbonyl (C=O) groups is 1. The van der Waals surface area contributed by atoms with Crippen LogP contribution in [0, 0.1) is 0 Å². The van der Waals surface area contributed by atoms with E-state index in [1.807, 2.05) is 6.07 Å². The van der Waals surface area contributed by atoms with Crippen molar-refractivity contribution in [3.63, 3.8) is 0 Å². The normalized spacial score (nSPS) is 14.7. The molecule has 1 saturated heterocycles. The van der Waals surface area contributed by atoms with Crippen molar-refractivity contribution in [3.05, 3.63) is 30.1 Å². The summed E-state index contributed by atoms with van der Waals surface area (Å²) < 4.78 is 0. The zero-order valence-corrected chi connectivity index (χ0v) is 9.26. The van der Waals surface area contributed by atoms with Gasteiger partial charge in [0, 0.05) is 36.9 Å². The van der Waals surface area contributed by atoms with Crippen molar-refractivity contribution in [3.8, 4) is 0 Å². The quantitative estimate of drug-likeness (QED) is 0.830. The van der Waals surface area contributed by atoms with Crippen LogP contribution < -0.4 is 10.6 Å². The fourth-order valence-electron chi connectivity index (χ4n) is 1.86. The molecule has 3 rings (SSSR count). The number of primary amides is 1. The average molecular weight is 228 g/mol. The van der Waals surface area contributed by atoms with Gasteiger partial charge in [0.25, 0.3) is 0 Å². The van der Waals surface area contributed by atoms with Crippen molar-refractivity contribution in [2.45, 2.75) is 6.42 Å². The highest BCUT2D eigenvalue weighted by Gasteiger charge is 2.16. The molecule has 0 saturated carbocycles. The predicted octanol–water partition coefficient (Wildman–Crippen LogP) is 0.939. The number of hydrogen-bond donors (Lipinski definition) is 1. The second-order valence-electron chi connectivity index (χ2n) is 4.16. The van der Waals surface area contributed by atoms with E-state index in [0.717, 1.165) is 29.8 Å². The Kier molecular flexibility index (Phi) is 2.18. The van der Waals surface area contributed by atoms with Crippen LogP contribution in [0.25, 0.3) is 10.9 Å². The van der Waals surface area contributed by atoms with Crippen LogP contribution in [0.2, 0.25) is 0 Å². The molecule has 0 aromatic carbocycles. The number of nitrogens with two attached hydrogens (primary N) is 1. The van der Waals surface area contributed by atoms with Gasteiger partial charge in [-0.05, 0) is 12.5 Å². The average Bonchev–Trinajstić information content (AvgIpc) is 2.26. The lowest BCUT2D eigenvalue weighted by Gasteiger charge is -2.31. The number of pyridine rings is 2. The molecule has 2 aromatic heterocycles. The second-order valence-corrected chi connectivity index (χ2v) is 4.16. The standard InChI is InChI=1S/C12H12N4O/c13-12(17)9-4-8-6-15-11(16-2-1-3-16)5-10(8)14-7-9/h4-7H,1-3H2,(H2,13,17). The summed E-state index contributed by atoms with van der Waals surface area (Å²) in [5.74, 6) is 0.481. The van der Waals surface area contributed by atoms with Crippen LogP contribution in [-0.2, 0) is 0 Å². The van der Waals surface area contributed by atoms with E-state index >= 15 is 0 Å². The lowest BCUT2D eigenvalue weighted by Crippen LogP contribution is -2.37. The van der Waals surface area contributed by atoms with Gasteiger partial charge in [-0.3, -0.25) is 9.78 Å². The van der Waals surface area contributed by atoms with Crippen LogP contribution in [0.5, 0.6) is 0 Å². The zero-order valence-electron chi connectivity index (χ0n) is 9.26. The van der Waals surface area contributed by atoms with Crippen molar-refractivity contribution in [1.82, 2.24) is 9.97 Å². The Morgan fingerprint density at radius 1 is 1.24 bits per heavy atom. The minimum atomic E-state index is -0.466. The fraction of sp³-hybridized carbons (Fsp3) is 0.250. The van der Waals surface area contributed by atoms with Crippen LogP contribution in [0.4, 0.5) is 5.82 Å². The highest BCUT2D eigenvalue weighted by Crippen LogP contribution is 2.22. The van der Waals surface area contributed by atoms with Crippen LogP contribution in [0.1, 0.15) is 16.8 Å². The van der Waals surface area contributed by atoms with Gasteiger partial charge in [-0.15, -0.1) is 0 Å². The number of nitrogens with zero attached hydrogens (tertiary/aromatic N) is 3. The summed E-state index contributed by atoms with van der Waals surface area (Å²) in [5, 5.41) is 0.838. The number of rotatable bonds is 2. The molecule has 17 heavy (non-hydrogen) atoms. The van der Waals surface area contributed by atoms with Gasteiger partial charge < -0.3 is 10.6 Å². The molecule has 0 unspecified atom stereocenters. The maximum absolute atomic E-state index is 11.0. The van der Waals surface area contributed by atoms with Crippen LogP contribution in [0.15, 0.2) is 24.5 Å². The maximum Gasteiger partial charge on any atom is 0.250 e. The maximum atomic E-state index is 11.0. The number of amides is 1. The van der Waals surface area contributed by atoms with E-state index in [9.17, 15) is 4.79 Å². The monoisotopic (exact) mass is 228 g/mol. The van der Waals surface area contributed by atoms with Crippen molar-refractivity contribution >= 4 is 22.6 Å². The van der Waals surface area contributed by atoms with Gasteiger partial charge in [0.1, 0.15) is 5.82 Å². The predicted molar refractivity (Wildman–Crippen MR) is 64.9 cm³/mol. The molecule has 1 aliphatic rings. The molecule has 0 radical (unpaired) electrons. The number of carbonyl (C=O) groups excluding carboxylic acids is 1. The van der Waals surface area contributed by atoms with Gasteiger partial charge in [0.2, 0.25) is 5.91 Å². The van der Waals surface area contributed by atoms with Crippen molar-refractivity contribution in [2.75, 3.05) is 18.0 Å². The molecule has 1 fully saturated rings. The summed E-state index contributed by atoms with van der Waals surface area (Å²) in [6, 6.07) is 3.66. The molecule has 1 amide bonds. The third-order valence-corrected chi connectivity index (χ3v) is 3.02. The highest BCUT2D eigenvalue weighted by molar-refractivity contribution is 5.96. The smallest absolute Gasteiger partial charge is 0.250 e. The van der Waals surface area contributed by atoms with Gasteiger partial charge >= 0.3 is 0 Å². The van der Waals surface area contributed by atoms with E-state index in [-0.39, 0.29) is 0 Å². The minimum absolute atomic E-state index is 0.413. The van der Waals surface area contributed by atoms with E-state index in [1.165, 1.54) is 12.6 Å². The topological polar surface area (TPSA) is 72.1 Å². The van der Waals surface area contributed by atoms with Gasteiger partial charge in [-0.1, -0.05) is 0 Å². The Balaban J connectivity index is 2.05. The molecule has 0 bridgehead atoms. The van der Waals surface area contributed by atoms with Gasteiger partial charge in [0.15, 0.2) is 0 Å². The molecule has 0 atom stereocenters. The van der Waals surface area contributed by atoms with E-state index < -0.39 is 5.91 Å². The van der Waals surface area contributed by atoms with Gasteiger partial charge in [-0.2, -0.15) is 0 Å². The summed E-state index contributed by atoms with van der Waals surface area (Å²) in [6.45, 7) is 2.11. The van der Waals surface area contributed by atoms with Crippen molar-refractivity contribution < 1.29 is 4.79 Å². The second kappa shape index (κ2) is 3.69. The summed E-state index contributed by atoms with van der Waals surface area (Å²) in [5.41, 5.74) is 6.46. The molecule has 3 heterocycles. The number of hydrogen-bond acceptors (Lipinski definition) is 4. The Bertz CT molecular complexity index is 592. The van der Waals surface area contributed by atoms with Crippen molar-refractivity contribution in [2.24, 2.45) is 5.73 Å². The first kappa shape index (κ1) is 10.0. The molecular formula is C12H12N4O. The molecular weight excluding hydrogens is 216 g/mol. The molecule has 1 aliphatic heterocycles. The lowest BCUT2D eigenvalue weighted by molar-refractivity contribution is 0.1000. The van der Waals surface area contributed by atoms with Crippen LogP contribution >= 0.6 is 0 Å². The Morgan fingerprint density at radius 3 is 2.71 bits per heavy atom. The first-order chi connectivity index (χ1) is 8.24. The molecule has 2 N–H and O–H groups in total. The molecule has 5 nitrogen and oxygen atoms in total. The largest absolute Gasteiger partial charge is 0.366 e. The van der Waals surface area contributed by atoms with Gasteiger partial charge in [-0.25, -0.2) is 4.98 Å². The Morgan fingerprint density at radius 2 is 2.06 bits per heavy atom. The number of fused-ring (bicyclic) bond motifs is 1. The number of aromatic nitrogens is 2. The van der Waals surface area contributed by atoms with Crippen LogP contribution in [-0.4, -0.2) is 29.0 Å². The molecule has 2 aromatic rings. The molecule has 0 spiro atoms. The molecule has 0 aliphatic carbocycles. The van der Waals surface area contributed by atoms with E-state index in [2.05, 4.69) is 14.9 Å². The third-order valence-electron chi connectivity index (χ3n) is 3.02. The third kappa shape index (κ3) is 1.69. The Labute approximate surface area is 98.3 Å². The minimum Gasteiger partial charge on any atom is -0.366 e. The molecule has 86 valence electrons. The van der Waals surface area contributed by atoms with Gasteiger partial charge in [0.05, 0.1) is 11.1 Å². The lowest BCUT2D eigenvalue weighted by atomic mass is 10.1. The summed E-state index contributed by atoms with van der Waals surface area (Å²) in [6.07, 6.45) is 4.46. The SMILES string of the molecule is NC(=O)c1cnc2cc(N3CCC3)ncc2c1. The summed E-state index contributed by atoms with van der Waals surface area (Å²) in [7, 11) is 0. The number of anilines is 1. The molecule has 5 heteroatoms. The van der Waals surface area contributed by atoms with E-state index in [4.69, 9.17) is 5.73 Å². The fourth-order valence-corrected chi connectivity index (χ4v) is 1.86. The van der Waals surface area contributed by atoms with E-state index in [0.29, 0.717) is 5.56 Å². The summed E-state index contributed by atoms with van der Waals surface area (Å²) >= 11 is 0. The Hall–Kier alpha value is -2.17. The van der Waals surface area contributed by atoms with Crippen molar-refractivity contribution in [1.29, 1.82) is 0 Å². The first-order valence-corrected chi connectivity index (χ1v) is 5.54.